The molecule has 3 rings (SSSR count). The van der Waals surface area contributed by atoms with E-state index in [0.29, 0.717) is 25.3 Å². The summed E-state index contributed by atoms with van der Waals surface area (Å²) in [4.78, 5) is 13.9. The van der Waals surface area contributed by atoms with Gasteiger partial charge < -0.3 is 15.2 Å². The normalized spacial score (nSPS) is 18.9. The van der Waals surface area contributed by atoms with Crippen molar-refractivity contribution in [3.8, 4) is 11.5 Å². The van der Waals surface area contributed by atoms with Gasteiger partial charge in [0.2, 0.25) is 6.79 Å². The van der Waals surface area contributed by atoms with Crippen LogP contribution in [0.5, 0.6) is 11.5 Å². The zero-order chi connectivity index (χ0) is 25.2. The van der Waals surface area contributed by atoms with E-state index in [9.17, 15) is 4.79 Å². The molecule has 2 aliphatic heterocycles. The molecule has 2 aliphatic rings. The third-order valence-electron chi connectivity index (χ3n) is 6.24. The Bertz CT molecular complexity index is 699. The number of ether oxygens (including phenoxy) is 2. The van der Waals surface area contributed by atoms with Gasteiger partial charge in [0.05, 0.1) is 6.54 Å². The molecule has 0 amide bonds. The van der Waals surface area contributed by atoms with Crippen LogP contribution in [0.3, 0.4) is 0 Å². The molecule has 1 saturated heterocycles. The van der Waals surface area contributed by atoms with Gasteiger partial charge in [-0.15, -0.1) is 0 Å². The van der Waals surface area contributed by atoms with Crippen LogP contribution in [0.1, 0.15) is 104 Å². The highest BCUT2D eigenvalue weighted by Crippen LogP contribution is 2.39. The van der Waals surface area contributed by atoms with Crippen LogP contribution in [-0.4, -0.2) is 43.2 Å². The average molecular weight is 475 g/mol. The first kappa shape index (κ1) is 30.2. The van der Waals surface area contributed by atoms with Gasteiger partial charge in [-0.2, -0.15) is 0 Å². The molecule has 0 bridgehead atoms. The van der Waals surface area contributed by atoms with Crippen molar-refractivity contribution in [1.82, 2.24) is 4.90 Å². The van der Waals surface area contributed by atoms with Crippen molar-refractivity contribution in [3.05, 3.63) is 35.9 Å². The molecule has 5 heteroatoms. The number of hydrogen-bond acceptors (Lipinski definition) is 5. The number of carbonyl (C=O) groups is 1. The van der Waals surface area contributed by atoms with Crippen LogP contribution in [0.4, 0.5) is 0 Å². The molecular weight excluding hydrogens is 424 g/mol. The number of ketones is 1. The van der Waals surface area contributed by atoms with Crippen molar-refractivity contribution in [3.63, 3.8) is 0 Å². The van der Waals surface area contributed by atoms with Crippen LogP contribution < -0.4 is 15.2 Å². The molecule has 5 nitrogen and oxygen atoms in total. The molecule has 0 spiro atoms. The lowest BCUT2D eigenvalue weighted by atomic mass is 9.94. The Morgan fingerprint density at radius 1 is 1.09 bits per heavy atom. The van der Waals surface area contributed by atoms with Gasteiger partial charge in [0.1, 0.15) is 5.78 Å². The maximum atomic E-state index is 11.6. The Hall–Kier alpha value is -1.85. The number of nitrogens with two attached hydrogens (primary N) is 1. The van der Waals surface area contributed by atoms with Gasteiger partial charge in [-0.05, 0) is 69.7 Å². The van der Waals surface area contributed by atoms with Crippen LogP contribution in [0.25, 0.3) is 0 Å². The average Bonchev–Trinajstić information content (AvgIpc) is 3.45. The molecular formula is C29H50N2O3. The van der Waals surface area contributed by atoms with Crippen LogP contribution >= 0.6 is 0 Å². The summed E-state index contributed by atoms with van der Waals surface area (Å²) in [6.45, 7) is 13.0. The van der Waals surface area contributed by atoms with Crippen LogP contribution in [0.2, 0.25) is 0 Å². The van der Waals surface area contributed by atoms with E-state index in [0.717, 1.165) is 43.9 Å². The number of allylic oxidation sites excluding steroid dienone is 2. The standard InChI is InChI=1S/C19H25NO3.C5H13N.C5H12/c1-3-4-5-6-17-9-16(12-20(17)11-14(2)21)15-7-8-18-19(10-15)23-13-22-18;1-2-3-4-5-6;1-3-5-4-2/h3-4,7-8,10,16-17H,5-6,9,11-13H2,1-2H3;2-6H2,1H3;3-5H2,1-2H3/b4-3+;;. The van der Waals surface area contributed by atoms with Gasteiger partial charge in [-0.3, -0.25) is 9.69 Å². The number of hydrogen-bond donors (Lipinski definition) is 1. The van der Waals surface area contributed by atoms with Crippen molar-refractivity contribution >= 4 is 5.78 Å². The minimum Gasteiger partial charge on any atom is -0.454 e. The molecule has 34 heavy (non-hydrogen) atoms. The molecule has 0 radical (unpaired) electrons. The summed E-state index contributed by atoms with van der Waals surface area (Å²) < 4.78 is 10.9. The summed E-state index contributed by atoms with van der Waals surface area (Å²) in [5, 5.41) is 0. The second-order valence-corrected chi connectivity index (χ2v) is 9.33. The first-order valence-electron chi connectivity index (χ1n) is 13.4. The van der Waals surface area contributed by atoms with Crippen molar-refractivity contribution in [1.29, 1.82) is 0 Å². The maximum Gasteiger partial charge on any atom is 0.231 e. The summed E-state index contributed by atoms with van der Waals surface area (Å²) in [7, 11) is 0. The topological polar surface area (TPSA) is 64.8 Å². The second kappa shape index (κ2) is 18.5. The molecule has 2 heterocycles. The SMILES string of the molecule is C/C=C/CCC1CC(c2ccc3c(c2)OCO3)CN1CC(C)=O.CCCCC.CCCCCN. The van der Waals surface area contributed by atoms with Gasteiger partial charge >= 0.3 is 0 Å². The number of unbranched alkanes of at least 4 members (excludes halogenated alkanes) is 4. The molecule has 0 aliphatic carbocycles. The van der Waals surface area contributed by atoms with Gasteiger partial charge in [-0.1, -0.05) is 71.1 Å². The number of Topliss-reactive ketones (excluding diaryl/α,β-unsaturated/α-hetero) is 1. The van der Waals surface area contributed by atoms with Crippen molar-refractivity contribution in [2.45, 2.75) is 104 Å². The third kappa shape index (κ3) is 11.5. The molecule has 0 saturated carbocycles. The minimum absolute atomic E-state index is 0.243. The Labute approximate surface area is 209 Å². The van der Waals surface area contributed by atoms with Crippen LogP contribution in [0, 0.1) is 0 Å². The third-order valence-corrected chi connectivity index (χ3v) is 6.24. The summed E-state index contributed by atoms with van der Waals surface area (Å²) in [5.74, 6) is 2.38. The van der Waals surface area contributed by atoms with E-state index in [2.05, 4.69) is 56.9 Å². The van der Waals surface area contributed by atoms with E-state index in [1.807, 2.05) is 6.07 Å². The van der Waals surface area contributed by atoms with Gasteiger partial charge in [0.15, 0.2) is 11.5 Å². The quantitative estimate of drug-likeness (QED) is 0.281. The lowest BCUT2D eigenvalue weighted by Gasteiger charge is -2.22. The summed E-state index contributed by atoms with van der Waals surface area (Å²) in [6.07, 6.45) is 15.4. The number of fused-ring (bicyclic) bond motifs is 1. The number of benzene rings is 1. The van der Waals surface area contributed by atoms with E-state index in [1.165, 1.54) is 44.1 Å². The lowest BCUT2D eigenvalue weighted by molar-refractivity contribution is -0.118. The monoisotopic (exact) mass is 474 g/mol. The molecule has 2 N–H and O–H groups in total. The zero-order valence-corrected chi connectivity index (χ0v) is 22.5. The van der Waals surface area contributed by atoms with Crippen LogP contribution in [0.15, 0.2) is 30.4 Å². The molecule has 0 aromatic heterocycles. The zero-order valence-electron chi connectivity index (χ0n) is 22.5. The maximum absolute atomic E-state index is 11.6. The number of carbonyl (C=O) groups excluding carboxylic acids is 1. The summed E-state index contributed by atoms with van der Waals surface area (Å²) in [5.41, 5.74) is 6.50. The first-order chi connectivity index (χ1) is 16.5. The Morgan fingerprint density at radius 2 is 1.79 bits per heavy atom. The van der Waals surface area contributed by atoms with E-state index in [4.69, 9.17) is 15.2 Å². The van der Waals surface area contributed by atoms with Crippen molar-refractivity contribution in [2.75, 3.05) is 26.4 Å². The van der Waals surface area contributed by atoms with E-state index >= 15 is 0 Å². The fourth-order valence-electron chi connectivity index (χ4n) is 4.38. The minimum atomic E-state index is 0.243. The number of nitrogens with zero attached hydrogens (tertiary/aromatic N) is 1. The fraction of sp³-hybridized carbons (Fsp3) is 0.690. The second-order valence-electron chi connectivity index (χ2n) is 9.33. The van der Waals surface area contributed by atoms with Gasteiger partial charge in [0.25, 0.3) is 0 Å². The van der Waals surface area contributed by atoms with Gasteiger partial charge in [0, 0.05) is 12.6 Å². The molecule has 1 aromatic rings. The summed E-state index contributed by atoms with van der Waals surface area (Å²) >= 11 is 0. The molecule has 194 valence electrons. The molecule has 2 unspecified atom stereocenters. The first-order valence-corrected chi connectivity index (χ1v) is 13.4. The van der Waals surface area contributed by atoms with E-state index in [1.54, 1.807) is 6.92 Å². The predicted molar refractivity (Wildman–Crippen MR) is 144 cm³/mol. The van der Waals surface area contributed by atoms with Crippen molar-refractivity contribution in [2.24, 2.45) is 5.73 Å². The lowest BCUT2D eigenvalue weighted by Crippen LogP contribution is -2.33. The fourth-order valence-corrected chi connectivity index (χ4v) is 4.38. The molecule has 1 fully saturated rings. The number of likely N-dealkylation sites (tertiary alicyclic amines) is 1. The molecule has 2 atom stereocenters. The van der Waals surface area contributed by atoms with Crippen LogP contribution in [-0.2, 0) is 4.79 Å². The number of rotatable bonds is 11. The smallest absolute Gasteiger partial charge is 0.231 e. The largest absolute Gasteiger partial charge is 0.454 e. The predicted octanol–water partition coefficient (Wildman–Crippen LogP) is 6.85. The Balaban J connectivity index is 0.000000440. The Morgan fingerprint density at radius 3 is 2.35 bits per heavy atom. The van der Waals surface area contributed by atoms with Gasteiger partial charge in [-0.25, -0.2) is 0 Å². The highest BCUT2D eigenvalue weighted by molar-refractivity contribution is 5.77. The van der Waals surface area contributed by atoms with E-state index in [-0.39, 0.29) is 5.78 Å². The molecule has 1 aromatic carbocycles. The van der Waals surface area contributed by atoms with E-state index < -0.39 is 0 Å². The highest BCUT2D eigenvalue weighted by atomic mass is 16.7. The Kier molecular flexibility index (Phi) is 16.4. The van der Waals surface area contributed by atoms with Crippen molar-refractivity contribution < 1.29 is 14.3 Å². The summed E-state index contributed by atoms with van der Waals surface area (Å²) in [6, 6.07) is 6.72. The highest BCUT2D eigenvalue weighted by Gasteiger charge is 2.33.